The van der Waals surface area contributed by atoms with Crippen molar-refractivity contribution in [3.05, 3.63) is 0 Å². The number of unbranched alkanes of at least 4 members (excludes halogenated alkanes) is 15. The molecule has 0 rings (SSSR count). The van der Waals surface area contributed by atoms with Crippen LogP contribution >= 0.6 is 0 Å². The van der Waals surface area contributed by atoms with Crippen LogP contribution in [0.4, 0.5) is 0 Å². The summed E-state index contributed by atoms with van der Waals surface area (Å²) in [5.74, 6) is -2.75. The Morgan fingerprint density at radius 2 is 0.559 bits per heavy atom. The first-order chi connectivity index (χ1) is 15.8. The first-order valence-corrected chi connectivity index (χ1v) is 13.4. The largest absolute Gasteiger partial charge is 3.00 e. The Balaban J connectivity index is -0.000000196. The zero-order valence-electron chi connectivity index (χ0n) is 22.4. The van der Waals surface area contributed by atoms with Crippen LogP contribution in [-0.4, -0.2) is 35.3 Å². The summed E-state index contributed by atoms with van der Waals surface area (Å²) in [4.78, 5) is 29.9. The second kappa shape index (κ2) is 36.5. The molecule has 0 aliphatic carbocycles. The number of carbonyl (C=O) groups excluding carboxylic acids is 3. The van der Waals surface area contributed by atoms with Gasteiger partial charge in [0, 0.05) is 17.9 Å². The quantitative estimate of drug-likeness (QED) is 0.174. The van der Waals surface area contributed by atoms with Gasteiger partial charge in [0.15, 0.2) is 0 Å². The van der Waals surface area contributed by atoms with E-state index >= 15 is 0 Å². The zero-order valence-corrected chi connectivity index (χ0v) is 23.5. The van der Waals surface area contributed by atoms with Crippen LogP contribution in [-0.2, 0) is 14.4 Å². The predicted octanol–water partition coefficient (Wildman–Crippen LogP) is 4.08. The monoisotopic (exact) mass is 498 g/mol. The van der Waals surface area contributed by atoms with Crippen molar-refractivity contribution in [2.45, 2.75) is 156 Å². The van der Waals surface area contributed by atoms with Crippen LogP contribution in [0.2, 0.25) is 0 Å². The molecule has 0 radical (unpaired) electrons. The summed E-state index contributed by atoms with van der Waals surface area (Å²) in [6.45, 7) is 6.50. The van der Waals surface area contributed by atoms with Crippen molar-refractivity contribution in [1.29, 1.82) is 0 Å². The van der Waals surface area contributed by atoms with Gasteiger partial charge >= 0.3 is 17.4 Å². The standard InChI is InChI=1S/3C9H18O2.Al/c3*1-2-3-4-5-6-7-8-9(10)11;/h3*2-8H2,1H3,(H,10,11);/q;;;+3/p-3. The number of rotatable bonds is 21. The van der Waals surface area contributed by atoms with Gasteiger partial charge in [-0.15, -0.1) is 0 Å². The molecular formula is C27H51AlO6. The smallest absolute Gasteiger partial charge is 0.550 e. The third-order valence-electron chi connectivity index (χ3n) is 5.20. The molecule has 0 aromatic rings. The van der Waals surface area contributed by atoms with Crippen LogP contribution in [0.5, 0.6) is 0 Å². The Bertz CT molecular complexity index is 368. The van der Waals surface area contributed by atoms with E-state index in [-0.39, 0.29) is 36.6 Å². The summed E-state index contributed by atoms with van der Waals surface area (Å²) in [5, 5.41) is 29.9. The molecule has 0 aliphatic heterocycles. The van der Waals surface area contributed by atoms with E-state index in [4.69, 9.17) is 0 Å². The normalized spacial score (nSPS) is 9.62. The molecule has 0 saturated carbocycles. The number of aliphatic carboxylic acids is 3. The average Bonchev–Trinajstić information content (AvgIpc) is 2.76. The molecule has 0 N–H and O–H groups in total. The van der Waals surface area contributed by atoms with Crippen molar-refractivity contribution in [1.82, 2.24) is 0 Å². The molecule has 0 spiro atoms. The van der Waals surface area contributed by atoms with Crippen LogP contribution in [0.1, 0.15) is 156 Å². The van der Waals surface area contributed by atoms with E-state index in [2.05, 4.69) is 20.8 Å². The Labute approximate surface area is 220 Å². The van der Waals surface area contributed by atoms with E-state index < -0.39 is 17.9 Å². The van der Waals surface area contributed by atoms with Gasteiger partial charge in [0.05, 0.1) is 0 Å². The maximum Gasteiger partial charge on any atom is 3.00 e. The van der Waals surface area contributed by atoms with Crippen molar-refractivity contribution in [3.63, 3.8) is 0 Å². The van der Waals surface area contributed by atoms with Gasteiger partial charge in [0.1, 0.15) is 0 Å². The maximum atomic E-state index is 9.98. The number of hydrogen-bond acceptors (Lipinski definition) is 6. The van der Waals surface area contributed by atoms with Crippen molar-refractivity contribution in [3.8, 4) is 0 Å². The molecule has 6 nitrogen and oxygen atoms in total. The van der Waals surface area contributed by atoms with Gasteiger partial charge < -0.3 is 29.7 Å². The summed E-state index contributed by atoms with van der Waals surface area (Å²) in [5.41, 5.74) is 0. The third kappa shape index (κ3) is 52.7. The van der Waals surface area contributed by atoms with Gasteiger partial charge in [-0.1, -0.05) is 117 Å². The summed E-state index contributed by atoms with van der Waals surface area (Å²) in [6.07, 6.45) is 20.9. The van der Waals surface area contributed by atoms with Crippen LogP contribution in [0.15, 0.2) is 0 Å². The molecule has 0 amide bonds. The summed E-state index contributed by atoms with van der Waals surface area (Å²) >= 11 is 0. The maximum absolute atomic E-state index is 9.98. The Morgan fingerprint density at radius 3 is 0.735 bits per heavy atom. The van der Waals surface area contributed by atoms with Crippen molar-refractivity contribution in [2.75, 3.05) is 0 Å². The fourth-order valence-corrected chi connectivity index (χ4v) is 3.15. The molecule has 0 bridgehead atoms. The van der Waals surface area contributed by atoms with Crippen LogP contribution in [0.25, 0.3) is 0 Å². The van der Waals surface area contributed by atoms with Crippen molar-refractivity contribution < 1.29 is 29.7 Å². The minimum absolute atomic E-state index is 0. The first kappa shape index (κ1) is 40.1. The molecule has 7 heteroatoms. The van der Waals surface area contributed by atoms with E-state index in [1.807, 2.05) is 0 Å². The molecule has 0 aliphatic rings. The predicted molar refractivity (Wildman–Crippen MR) is 135 cm³/mol. The van der Waals surface area contributed by atoms with E-state index in [9.17, 15) is 29.7 Å². The number of carboxylic acids is 3. The first-order valence-electron chi connectivity index (χ1n) is 13.4. The molecule has 0 fully saturated rings. The molecule has 0 unspecified atom stereocenters. The average molecular weight is 499 g/mol. The van der Waals surface area contributed by atoms with Crippen molar-refractivity contribution in [2.24, 2.45) is 0 Å². The molecule has 198 valence electrons. The van der Waals surface area contributed by atoms with E-state index in [0.29, 0.717) is 0 Å². The van der Waals surface area contributed by atoms with Gasteiger partial charge in [-0.2, -0.15) is 0 Å². The second-order valence-corrected chi connectivity index (χ2v) is 8.67. The molecule has 0 saturated heterocycles. The molecular weight excluding hydrogens is 447 g/mol. The molecule has 34 heavy (non-hydrogen) atoms. The Morgan fingerprint density at radius 1 is 0.382 bits per heavy atom. The van der Waals surface area contributed by atoms with Crippen molar-refractivity contribution >= 4 is 35.3 Å². The molecule has 0 atom stereocenters. The fourth-order valence-electron chi connectivity index (χ4n) is 3.15. The van der Waals surface area contributed by atoms with Gasteiger partial charge in [-0.25, -0.2) is 0 Å². The summed E-state index contributed by atoms with van der Waals surface area (Å²) < 4.78 is 0. The summed E-state index contributed by atoms with van der Waals surface area (Å²) in [7, 11) is 0. The second-order valence-electron chi connectivity index (χ2n) is 8.67. The third-order valence-corrected chi connectivity index (χ3v) is 5.20. The van der Waals surface area contributed by atoms with E-state index in [0.717, 1.165) is 38.5 Å². The Hall–Kier alpha value is -1.06. The van der Waals surface area contributed by atoms with Crippen LogP contribution in [0.3, 0.4) is 0 Å². The topological polar surface area (TPSA) is 120 Å². The SMILES string of the molecule is CCCCCCCCC(=O)[O-].CCCCCCCCC(=O)[O-].CCCCCCCCC(=O)[O-].[Al+3]. The fraction of sp³-hybridized carbons (Fsp3) is 0.889. The van der Waals surface area contributed by atoms with Gasteiger partial charge in [-0.3, -0.25) is 0 Å². The van der Waals surface area contributed by atoms with Crippen LogP contribution < -0.4 is 15.3 Å². The molecule has 0 aromatic carbocycles. The molecule has 0 aromatic heterocycles. The number of hydrogen-bond donors (Lipinski definition) is 0. The minimum Gasteiger partial charge on any atom is -0.550 e. The molecule has 0 heterocycles. The van der Waals surface area contributed by atoms with E-state index in [1.165, 1.54) is 77.0 Å². The Kier molecular flexibility index (Phi) is 43.1. The van der Waals surface area contributed by atoms with E-state index in [1.54, 1.807) is 0 Å². The summed E-state index contributed by atoms with van der Waals surface area (Å²) in [6, 6.07) is 0. The zero-order chi connectivity index (χ0) is 25.6. The minimum atomic E-state index is -0.916. The van der Waals surface area contributed by atoms with Gasteiger partial charge in [0.2, 0.25) is 0 Å². The number of carbonyl (C=O) groups is 3. The van der Waals surface area contributed by atoms with Gasteiger partial charge in [0.25, 0.3) is 0 Å². The van der Waals surface area contributed by atoms with Crippen LogP contribution in [0, 0.1) is 0 Å². The van der Waals surface area contributed by atoms with Gasteiger partial charge in [-0.05, 0) is 38.5 Å². The number of carboxylic acid groups (broad SMARTS) is 3.